The van der Waals surface area contributed by atoms with Gasteiger partial charge in [0.15, 0.2) is 0 Å². The van der Waals surface area contributed by atoms with E-state index in [9.17, 15) is 8.78 Å². The van der Waals surface area contributed by atoms with Gasteiger partial charge in [0, 0.05) is 5.57 Å². The van der Waals surface area contributed by atoms with Crippen LogP contribution in [0.3, 0.4) is 0 Å². The van der Waals surface area contributed by atoms with Gasteiger partial charge in [-0.25, -0.2) is 0 Å². The third-order valence-electron chi connectivity index (χ3n) is 2.21. The fourth-order valence-electron chi connectivity index (χ4n) is 1.62. The van der Waals surface area contributed by atoms with Gasteiger partial charge in [0.25, 0.3) is 6.08 Å². The number of allylic oxidation sites excluding steroid dienone is 1. The summed E-state index contributed by atoms with van der Waals surface area (Å²) in [6.07, 6.45) is -0.287. The molecule has 2 heteroatoms. The van der Waals surface area contributed by atoms with Gasteiger partial charge in [0.05, 0.1) is 0 Å². The van der Waals surface area contributed by atoms with Crippen LogP contribution in [-0.4, -0.2) is 0 Å². The first-order chi connectivity index (χ1) is 5.79. The second-order valence-electron chi connectivity index (χ2n) is 2.90. The molecule has 1 aliphatic rings. The van der Waals surface area contributed by atoms with E-state index in [2.05, 4.69) is 0 Å². The van der Waals surface area contributed by atoms with Gasteiger partial charge in [-0.3, -0.25) is 0 Å². The molecule has 2 rings (SSSR count). The van der Waals surface area contributed by atoms with Crippen molar-refractivity contribution in [1.29, 1.82) is 0 Å². The summed E-state index contributed by atoms with van der Waals surface area (Å²) >= 11 is 0. The van der Waals surface area contributed by atoms with Gasteiger partial charge < -0.3 is 0 Å². The summed E-state index contributed by atoms with van der Waals surface area (Å²) in [5.41, 5.74) is 2.00. The SMILES string of the molecule is FC(F)=C1CCc2ccccc21. The molecule has 1 aliphatic carbocycles. The third kappa shape index (κ3) is 1.04. The largest absolute Gasteiger partial charge is 0.274 e. The summed E-state index contributed by atoms with van der Waals surface area (Å²) < 4.78 is 24.6. The lowest BCUT2D eigenvalue weighted by atomic mass is 10.1. The molecule has 1 aromatic rings. The van der Waals surface area contributed by atoms with E-state index in [-0.39, 0.29) is 5.57 Å². The molecule has 1 aromatic carbocycles. The highest BCUT2D eigenvalue weighted by Crippen LogP contribution is 2.34. The fraction of sp³-hybridized carbons (Fsp3) is 0.200. The van der Waals surface area contributed by atoms with Crippen LogP contribution < -0.4 is 0 Å². The average Bonchev–Trinajstić information content (AvgIpc) is 2.47. The van der Waals surface area contributed by atoms with E-state index in [0.29, 0.717) is 6.42 Å². The Morgan fingerprint density at radius 1 is 1.08 bits per heavy atom. The molecular formula is C10H8F2. The molecule has 0 aromatic heterocycles. The second-order valence-corrected chi connectivity index (χ2v) is 2.90. The zero-order valence-electron chi connectivity index (χ0n) is 6.48. The minimum Gasteiger partial charge on any atom is -0.173 e. The van der Waals surface area contributed by atoms with Gasteiger partial charge in [0.2, 0.25) is 0 Å². The smallest absolute Gasteiger partial charge is 0.173 e. The van der Waals surface area contributed by atoms with Crippen LogP contribution in [0.4, 0.5) is 8.78 Å². The van der Waals surface area contributed by atoms with E-state index >= 15 is 0 Å². The predicted octanol–water partition coefficient (Wildman–Crippen LogP) is 3.24. The van der Waals surface area contributed by atoms with Crippen LogP contribution in [-0.2, 0) is 6.42 Å². The van der Waals surface area contributed by atoms with E-state index in [1.165, 1.54) is 0 Å². The maximum absolute atomic E-state index is 12.3. The molecule has 0 radical (unpaired) electrons. The van der Waals surface area contributed by atoms with E-state index in [1.54, 1.807) is 12.1 Å². The van der Waals surface area contributed by atoms with Gasteiger partial charge in [-0.15, -0.1) is 0 Å². The molecule has 0 spiro atoms. The Hall–Kier alpha value is -1.18. The molecule has 0 saturated carbocycles. The number of rotatable bonds is 0. The van der Waals surface area contributed by atoms with Gasteiger partial charge in [-0.2, -0.15) is 8.78 Å². The lowest BCUT2D eigenvalue weighted by molar-refractivity contribution is 0.424. The molecule has 0 N–H and O–H groups in total. The van der Waals surface area contributed by atoms with Crippen molar-refractivity contribution in [3.63, 3.8) is 0 Å². The van der Waals surface area contributed by atoms with Gasteiger partial charge in [0.1, 0.15) is 0 Å². The normalized spacial score (nSPS) is 14.7. The summed E-state index contributed by atoms with van der Waals surface area (Å²) in [6.45, 7) is 0. The highest BCUT2D eigenvalue weighted by atomic mass is 19.3. The number of benzene rings is 1. The Morgan fingerprint density at radius 3 is 2.58 bits per heavy atom. The van der Waals surface area contributed by atoms with Crippen LogP contribution in [0, 0.1) is 0 Å². The van der Waals surface area contributed by atoms with Crippen LogP contribution in [0.25, 0.3) is 5.57 Å². The van der Waals surface area contributed by atoms with Crippen LogP contribution >= 0.6 is 0 Å². The van der Waals surface area contributed by atoms with Crippen LogP contribution in [0.15, 0.2) is 30.3 Å². The first-order valence-corrected chi connectivity index (χ1v) is 3.91. The Kier molecular flexibility index (Phi) is 1.68. The van der Waals surface area contributed by atoms with E-state index in [0.717, 1.165) is 17.5 Å². The number of fused-ring (bicyclic) bond motifs is 1. The predicted molar refractivity (Wildman–Crippen MR) is 43.9 cm³/mol. The van der Waals surface area contributed by atoms with Crippen molar-refractivity contribution in [2.45, 2.75) is 12.8 Å². The lowest BCUT2D eigenvalue weighted by Crippen LogP contribution is -1.79. The van der Waals surface area contributed by atoms with Crippen molar-refractivity contribution in [3.8, 4) is 0 Å². The van der Waals surface area contributed by atoms with Crippen molar-refractivity contribution in [2.24, 2.45) is 0 Å². The molecule has 0 unspecified atom stereocenters. The zero-order chi connectivity index (χ0) is 8.55. The summed E-state index contributed by atoms with van der Waals surface area (Å²) in [5, 5.41) is 0. The molecular weight excluding hydrogens is 158 g/mol. The zero-order valence-corrected chi connectivity index (χ0v) is 6.48. The van der Waals surface area contributed by atoms with Gasteiger partial charge in [-0.1, -0.05) is 24.3 Å². The van der Waals surface area contributed by atoms with Gasteiger partial charge >= 0.3 is 0 Å². The minimum absolute atomic E-state index is 0.227. The monoisotopic (exact) mass is 166 g/mol. The molecule has 0 heterocycles. The van der Waals surface area contributed by atoms with Crippen LogP contribution in [0.1, 0.15) is 17.5 Å². The Bertz CT molecular complexity index is 335. The topological polar surface area (TPSA) is 0 Å². The standard InChI is InChI=1S/C10H8F2/c11-10(12)9-6-5-7-3-1-2-4-8(7)9/h1-4H,5-6H2. The van der Waals surface area contributed by atoms with E-state index < -0.39 is 6.08 Å². The molecule has 0 atom stereocenters. The molecule has 0 nitrogen and oxygen atoms in total. The lowest BCUT2D eigenvalue weighted by Gasteiger charge is -1.97. The Labute approximate surface area is 69.5 Å². The quantitative estimate of drug-likeness (QED) is 0.555. The first kappa shape index (κ1) is 7.47. The molecule has 0 aliphatic heterocycles. The number of hydrogen-bond acceptors (Lipinski definition) is 0. The molecule has 62 valence electrons. The minimum atomic E-state index is -1.53. The maximum atomic E-state index is 12.3. The molecule has 0 fully saturated rings. The molecule has 0 saturated heterocycles. The molecule has 0 amide bonds. The van der Waals surface area contributed by atoms with Crippen molar-refractivity contribution in [3.05, 3.63) is 41.5 Å². The van der Waals surface area contributed by atoms with Gasteiger partial charge in [-0.05, 0) is 24.0 Å². The average molecular weight is 166 g/mol. The van der Waals surface area contributed by atoms with E-state index in [1.807, 2.05) is 12.1 Å². The molecule has 0 bridgehead atoms. The van der Waals surface area contributed by atoms with Crippen molar-refractivity contribution in [1.82, 2.24) is 0 Å². The van der Waals surface area contributed by atoms with E-state index in [4.69, 9.17) is 0 Å². The van der Waals surface area contributed by atoms with Crippen molar-refractivity contribution >= 4 is 5.57 Å². The number of halogens is 2. The Morgan fingerprint density at radius 2 is 1.83 bits per heavy atom. The summed E-state index contributed by atoms with van der Waals surface area (Å²) in [6, 6.07) is 7.35. The van der Waals surface area contributed by atoms with Crippen LogP contribution in [0.5, 0.6) is 0 Å². The van der Waals surface area contributed by atoms with Crippen LogP contribution in [0.2, 0.25) is 0 Å². The highest BCUT2D eigenvalue weighted by Gasteiger charge is 2.19. The third-order valence-corrected chi connectivity index (χ3v) is 2.21. The maximum Gasteiger partial charge on any atom is 0.274 e. The summed E-state index contributed by atoms with van der Waals surface area (Å²) in [4.78, 5) is 0. The first-order valence-electron chi connectivity index (χ1n) is 3.91. The fourth-order valence-corrected chi connectivity index (χ4v) is 1.62. The summed E-state index contributed by atoms with van der Waals surface area (Å²) in [7, 11) is 0. The highest BCUT2D eigenvalue weighted by molar-refractivity contribution is 5.72. The molecule has 12 heavy (non-hydrogen) atoms. The van der Waals surface area contributed by atoms with Crippen molar-refractivity contribution < 1.29 is 8.78 Å². The number of hydrogen-bond donors (Lipinski definition) is 0. The summed E-state index contributed by atoms with van der Waals surface area (Å²) in [5.74, 6) is 0. The second kappa shape index (κ2) is 2.70. The van der Waals surface area contributed by atoms with Crippen molar-refractivity contribution in [2.75, 3.05) is 0 Å². The Balaban J connectivity index is 2.57. The number of aryl methyl sites for hydroxylation is 1.